The average molecular weight is 257 g/mol. The molecular weight excluding hydrogens is 234 g/mol. The maximum Gasteiger partial charge on any atom is 0.309 e. The van der Waals surface area contributed by atoms with Crippen LogP contribution in [0.3, 0.4) is 0 Å². The number of carboxylic acid groups (broad SMARTS) is 1. The predicted molar refractivity (Wildman–Crippen MR) is 67.0 cm³/mol. The number of amides is 1. The molecule has 0 bridgehead atoms. The Labute approximate surface area is 108 Å². The first-order chi connectivity index (χ1) is 8.27. The Bertz CT molecular complexity index is 340. The van der Waals surface area contributed by atoms with Crippen LogP contribution in [0.1, 0.15) is 40.0 Å². The van der Waals surface area contributed by atoms with Gasteiger partial charge in [-0.2, -0.15) is 0 Å². The smallest absolute Gasteiger partial charge is 0.309 e. The van der Waals surface area contributed by atoms with Gasteiger partial charge >= 0.3 is 5.97 Å². The second-order valence-corrected chi connectivity index (χ2v) is 5.82. The molecule has 18 heavy (non-hydrogen) atoms. The highest BCUT2D eigenvalue weighted by Gasteiger charge is 2.58. The predicted octanol–water partition coefficient (Wildman–Crippen LogP) is 1.01. The van der Waals surface area contributed by atoms with Crippen molar-refractivity contribution in [1.29, 1.82) is 0 Å². The Morgan fingerprint density at radius 3 is 2.39 bits per heavy atom. The lowest BCUT2D eigenvalue weighted by atomic mass is 9.65. The topological polar surface area (TPSA) is 86.6 Å². The first-order valence-corrected chi connectivity index (χ1v) is 6.39. The fourth-order valence-corrected chi connectivity index (χ4v) is 2.76. The second kappa shape index (κ2) is 5.26. The van der Waals surface area contributed by atoms with Crippen LogP contribution in [0.4, 0.5) is 0 Å². The molecule has 104 valence electrons. The Kier molecular flexibility index (Phi) is 4.37. The van der Waals surface area contributed by atoms with Crippen molar-refractivity contribution < 1.29 is 19.8 Å². The van der Waals surface area contributed by atoms with Crippen molar-refractivity contribution in [3.05, 3.63) is 0 Å². The van der Waals surface area contributed by atoms with Gasteiger partial charge in [0.1, 0.15) is 0 Å². The van der Waals surface area contributed by atoms with Crippen molar-refractivity contribution in [3.63, 3.8) is 0 Å². The van der Waals surface area contributed by atoms with E-state index in [1.165, 1.54) is 0 Å². The summed E-state index contributed by atoms with van der Waals surface area (Å²) >= 11 is 0. The van der Waals surface area contributed by atoms with Crippen LogP contribution in [0.25, 0.3) is 0 Å². The van der Waals surface area contributed by atoms with E-state index in [1.807, 2.05) is 13.8 Å². The molecule has 5 nitrogen and oxygen atoms in total. The number of aliphatic hydroxyl groups excluding tert-OH is 1. The Hall–Kier alpha value is -1.10. The number of carboxylic acids is 1. The minimum absolute atomic E-state index is 0.0428. The zero-order valence-corrected chi connectivity index (χ0v) is 11.3. The molecule has 0 aromatic rings. The van der Waals surface area contributed by atoms with Gasteiger partial charge in [0.15, 0.2) is 0 Å². The molecule has 1 fully saturated rings. The third kappa shape index (κ3) is 2.36. The number of hydrogen-bond donors (Lipinski definition) is 3. The summed E-state index contributed by atoms with van der Waals surface area (Å²) in [5.74, 6) is -1.21. The van der Waals surface area contributed by atoms with Gasteiger partial charge in [0.05, 0.1) is 5.41 Å². The van der Waals surface area contributed by atoms with Crippen molar-refractivity contribution in [2.24, 2.45) is 16.7 Å². The SMILES string of the molecule is CC1(C)[C@@H](C(=O)NCCCO)CC[C@]1(C)C(=O)O. The van der Waals surface area contributed by atoms with Crippen molar-refractivity contribution in [3.8, 4) is 0 Å². The lowest BCUT2D eigenvalue weighted by Gasteiger charge is -2.37. The Morgan fingerprint density at radius 2 is 1.94 bits per heavy atom. The van der Waals surface area contributed by atoms with Crippen LogP contribution >= 0.6 is 0 Å². The first-order valence-electron chi connectivity index (χ1n) is 6.39. The third-order valence-electron chi connectivity index (χ3n) is 4.65. The first kappa shape index (κ1) is 15.0. The minimum Gasteiger partial charge on any atom is -0.481 e. The molecule has 0 heterocycles. The number of carbonyl (C=O) groups is 2. The van der Waals surface area contributed by atoms with Gasteiger partial charge in [0.2, 0.25) is 5.91 Å². The van der Waals surface area contributed by atoms with E-state index >= 15 is 0 Å². The molecule has 0 aromatic heterocycles. The Balaban J connectivity index is 2.75. The van der Waals surface area contributed by atoms with Crippen molar-refractivity contribution in [2.75, 3.05) is 13.2 Å². The molecule has 1 rings (SSSR count). The van der Waals surface area contributed by atoms with Gasteiger partial charge in [-0.25, -0.2) is 0 Å². The monoisotopic (exact) mass is 257 g/mol. The quantitative estimate of drug-likeness (QED) is 0.642. The molecule has 0 aromatic carbocycles. The molecule has 5 heteroatoms. The van der Waals surface area contributed by atoms with Gasteiger partial charge in [-0.05, 0) is 31.6 Å². The van der Waals surface area contributed by atoms with Gasteiger partial charge < -0.3 is 15.5 Å². The number of aliphatic hydroxyl groups is 1. The number of aliphatic carboxylic acids is 1. The molecule has 1 aliphatic rings. The lowest BCUT2D eigenvalue weighted by molar-refractivity contribution is -0.155. The molecule has 0 unspecified atom stereocenters. The number of hydrogen-bond acceptors (Lipinski definition) is 3. The third-order valence-corrected chi connectivity index (χ3v) is 4.65. The summed E-state index contributed by atoms with van der Waals surface area (Å²) in [5.41, 5.74) is -1.42. The molecule has 0 spiro atoms. The van der Waals surface area contributed by atoms with E-state index in [1.54, 1.807) is 6.92 Å². The van der Waals surface area contributed by atoms with E-state index in [4.69, 9.17) is 5.11 Å². The molecule has 1 amide bonds. The summed E-state index contributed by atoms with van der Waals surface area (Å²) in [6.45, 7) is 5.90. The summed E-state index contributed by atoms with van der Waals surface area (Å²) < 4.78 is 0. The number of nitrogens with one attached hydrogen (secondary N) is 1. The average Bonchev–Trinajstić information content (AvgIpc) is 2.52. The molecule has 0 saturated heterocycles. The van der Waals surface area contributed by atoms with Crippen LogP contribution in [0.15, 0.2) is 0 Å². The molecular formula is C13H23NO4. The van der Waals surface area contributed by atoms with Crippen LogP contribution < -0.4 is 5.32 Å². The van der Waals surface area contributed by atoms with E-state index in [9.17, 15) is 14.7 Å². The van der Waals surface area contributed by atoms with E-state index < -0.39 is 16.8 Å². The molecule has 2 atom stereocenters. The van der Waals surface area contributed by atoms with Crippen molar-refractivity contribution >= 4 is 11.9 Å². The second-order valence-electron chi connectivity index (χ2n) is 5.82. The zero-order chi connectivity index (χ0) is 14.0. The van der Waals surface area contributed by atoms with Crippen LogP contribution in [0, 0.1) is 16.7 Å². The van der Waals surface area contributed by atoms with E-state index in [0.717, 1.165) is 0 Å². The van der Waals surface area contributed by atoms with E-state index in [-0.39, 0.29) is 18.4 Å². The minimum atomic E-state index is -0.855. The molecule has 1 aliphatic carbocycles. The summed E-state index contributed by atoms with van der Waals surface area (Å²) in [5, 5.41) is 20.8. The number of rotatable bonds is 5. The van der Waals surface area contributed by atoms with Crippen LogP contribution in [-0.4, -0.2) is 35.2 Å². The highest BCUT2D eigenvalue weighted by molar-refractivity contribution is 5.83. The van der Waals surface area contributed by atoms with Crippen LogP contribution in [0.5, 0.6) is 0 Å². The molecule has 1 saturated carbocycles. The molecule has 3 N–H and O–H groups in total. The Morgan fingerprint density at radius 1 is 1.33 bits per heavy atom. The van der Waals surface area contributed by atoms with Gasteiger partial charge in [0, 0.05) is 19.1 Å². The fourth-order valence-electron chi connectivity index (χ4n) is 2.76. The summed E-state index contributed by atoms with van der Waals surface area (Å²) in [6, 6.07) is 0. The maximum atomic E-state index is 12.1. The van der Waals surface area contributed by atoms with Gasteiger partial charge in [-0.15, -0.1) is 0 Å². The van der Waals surface area contributed by atoms with Gasteiger partial charge in [0.25, 0.3) is 0 Å². The zero-order valence-electron chi connectivity index (χ0n) is 11.3. The highest BCUT2D eigenvalue weighted by atomic mass is 16.4. The maximum absolute atomic E-state index is 12.1. The molecule has 0 aliphatic heterocycles. The standard InChI is InChI=1S/C13H23NO4/c1-12(2)9(10(16)14-7-4-8-15)5-6-13(12,3)11(17)18/h9,15H,4-8H2,1-3H3,(H,14,16)(H,17,18)/t9-,13-/m1/s1. The highest BCUT2D eigenvalue weighted by Crippen LogP contribution is 2.56. The van der Waals surface area contributed by atoms with Gasteiger partial charge in [-0.3, -0.25) is 9.59 Å². The summed E-state index contributed by atoms with van der Waals surface area (Å²) in [4.78, 5) is 23.5. The van der Waals surface area contributed by atoms with Crippen LogP contribution in [0.2, 0.25) is 0 Å². The molecule has 0 radical (unpaired) electrons. The largest absolute Gasteiger partial charge is 0.481 e. The van der Waals surface area contributed by atoms with E-state index in [0.29, 0.717) is 25.8 Å². The van der Waals surface area contributed by atoms with E-state index in [2.05, 4.69) is 5.32 Å². The normalized spacial score (nSPS) is 30.1. The number of carbonyl (C=O) groups excluding carboxylic acids is 1. The van der Waals surface area contributed by atoms with Crippen molar-refractivity contribution in [2.45, 2.75) is 40.0 Å². The van der Waals surface area contributed by atoms with Gasteiger partial charge in [-0.1, -0.05) is 13.8 Å². The summed E-state index contributed by atoms with van der Waals surface area (Å²) in [7, 11) is 0. The fraction of sp³-hybridized carbons (Fsp3) is 0.846. The summed E-state index contributed by atoms with van der Waals surface area (Å²) in [6.07, 6.45) is 1.64. The van der Waals surface area contributed by atoms with Crippen LogP contribution in [-0.2, 0) is 9.59 Å². The lowest BCUT2D eigenvalue weighted by Crippen LogP contribution is -2.45. The van der Waals surface area contributed by atoms with Crippen molar-refractivity contribution in [1.82, 2.24) is 5.32 Å².